The van der Waals surface area contributed by atoms with Crippen LogP contribution in [0.4, 0.5) is 5.82 Å². The Bertz CT molecular complexity index is 509. The number of benzene rings is 1. The van der Waals surface area contributed by atoms with Gasteiger partial charge in [0.15, 0.2) is 0 Å². The van der Waals surface area contributed by atoms with Gasteiger partial charge in [-0.05, 0) is 24.3 Å². The van der Waals surface area contributed by atoms with Crippen LogP contribution in [0.1, 0.15) is 0 Å². The van der Waals surface area contributed by atoms with Crippen molar-refractivity contribution in [1.82, 2.24) is 4.98 Å². The lowest BCUT2D eigenvalue weighted by molar-refractivity contribution is 1.08. The van der Waals surface area contributed by atoms with Gasteiger partial charge in [-0.2, -0.15) is 0 Å². The smallest absolute Gasteiger partial charge is 0.130 e. The van der Waals surface area contributed by atoms with Crippen molar-refractivity contribution in [1.29, 1.82) is 0 Å². The normalized spacial score (nSPS) is 10.7. The maximum absolute atomic E-state index is 6.15. The molecule has 0 saturated carbocycles. The summed E-state index contributed by atoms with van der Waals surface area (Å²) in [4.78, 5) is 6.38. The van der Waals surface area contributed by atoms with Crippen molar-refractivity contribution in [3.05, 3.63) is 34.3 Å². The molecule has 0 unspecified atom stereocenters. The van der Waals surface area contributed by atoms with Crippen LogP contribution in [0, 0.1) is 0 Å². The highest BCUT2D eigenvalue weighted by Gasteiger charge is 2.05. The van der Waals surface area contributed by atoms with Gasteiger partial charge in [-0.15, -0.1) is 0 Å². The van der Waals surface area contributed by atoms with E-state index in [1.165, 1.54) is 0 Å². The summed E-state index contributed by atoms with van der Waals surface area (Å²) in [6.07, 6.45) is 0. The molecule has 0 fully saturated rings. The molecule has 1 aromatic carbocycles. The van der Waals surface area contributed by atoms with Gasteiger partial charge in [0.1, 0.15) is 5.82 Å². The van der Waals surface area contributed by atoms with E-state index in [2.05, 4.69) is 4.98 Å². The highest BCUT2D eigenvalue weighted by atomic mass is 35.5. The van der Waals surface area contributed by atoms with E-state index < -0.39 is 0 Å². The molecule has 0 spiro atoms. The van der Waals surface area contributed by atoms with Gasteiger partial charge >= 0.3 is 0 Å². The first-order chi connectivity index (χ1) is 7.08. The lowest BCUT2D eigenvalue weighted by atomic mass is 10.2. The molecule has 0 aliphatic carbocycles. The predicted molar refractivity (Wildman–Crippen MR) is 66.1 cm³/mol. The molecule has 4 heteroatoms. The topological polar surface area (TPSA) is 16.1 Å². The minimum absolute atomic E-state index is 0.670. The fourth-order valence-electron chi connectivity index (χ4n) is 1.37. The molecule has 0 aliphatic heterocycles. The number of aromatic nitrogens is 1. The lowest BCUT2D eigenvalue weighted by Gasteiger charge is -2.12. The third-order valence-electron chi connectivity index (χ3n) is 2.16. The standard InChI is InChI=1S/C11H10Cl2N2/c1-15(2)11-6-9(13)8-5-7(12)3-4-10(8)14-11/h3-6H,1-2H3. The van der Waals surface area contributed by atoms with Crippen LogP contribution in [0.3, 0.4) is 0 Å². The molecule has 78 valence electrons. The molecule has 0 saturated heterocycles. The summed E-state index contributed by atoms with van der Waals surface area (Å²) in [5.74, 6) is 0.842. The van der Waals surface area contributed by atoms with Crippen LogP contribution in [0.15, 0.2) is 24.3 Å². The summed E-state index contributed by atoms with van der Waals surface area (Å²) in [5.41, 5.74) is 0.857. The summed E-state index contributed by atoms with van der Waals surface area (Å²) >= 11 is 12.0. The molecule has 1 heterocycles. The Kier molecular flexibility index (Phi) is 2.72. The van der Waals surface area contributed by atoms with Crippen molar-refractivity contribution in [2.45, 2.75) is 0 Å². The van der Waals surface area contributed by atoms with E-state index in [0.29, 0.717) is 10.0 Å². The van der Waals surface area contributed by atoms with Gasteiger partial charge in [0.2, 0.25) is 0 Å². The summed E-state index contributed by atoms with van der Waals surface area (Å²) in [6.45, 7) is 0. The van der Waals surface area contributed by atoms with Crippen LogP contribution in [-0.4, -0.2) is 19.1 Å². The molecule has 1 aromatic heterocycles. The van der Waals surface area contributed by atoms with Crippen LogP contribution in [0.5, 0.6) is 0 Å². The number of halogens is 2. The van der Waals surface area contributed by atoms with E-state index in [9.17, 15) is 0 Å². The molecule has 0 radical (unpaired) electrons. The van der Waals surface area contributed by atoms with E-state index in [4.69, 9.17) is 23.2 Å². The van der Waals surface area contributed by atoms with Crippen molar-refractivity contribution in [2.75, 3.05) is 19.0 Å². The maximum atomic E-state index is 6.15. The molecule has 2 aromatic rings. The van der Waals surface area contributed by atoms with E-state index in [1.807, 2.05) is 43.3 Å². The highest BCUT2D eigenvalue weighted by Crippen LogP contribution is 2.28. The zero-order chi connectivity index (χ0) is 11.0. The van der Waals surface area contributed by atoms with Crippen molar-refractivity contribution < 1.29 is 0 Å². The SMILES string of the molecule is CN(C)c1cc(Cl)c2cc(Cl)ccc2n1. The number of anilines is 1. The Balaban J connectivity index is 2.73. The molecule has 2 rings (SSSR count). The van der Waals surface area contributed by atoms with Gasteiger partial charge in [-0.3, -0.25) is 0 Å². The van der Waals surface area contributed by atoms with Crippen LogP contribution in [0.2, 0.25) is 10.0 Å². The molecule has 15 heavy (non-hydrogen) atoms. The van der Waals surface area contributed by atoms with Gasteiger partial charge in [-0.25, -0.2) is 4.98 Å². The number of fused-ring (bicyclic) bond motifs is 1. The average molecular weight is 241 g/mol. The Hall–Kier alpha value is -0.990. The predicted octanol–water partition coefficient (Wildman–Crippen LogP) is 3.61. The first-order valence-corrected chi connectivity index (χ1v) is 5.26. The van der Waals surface area contributed by atoms with Crippen molar-refractivity contribution in [3.63, 3.8) is 0 Å². The third kappa shape index (κ3) is 2.01. The van der Waals surface area contributed by atoms with E-state index in [-0.39, 0.29) is 0 Å². The van der Waals surface area contributed by atoms with Crippen LogP contribution >= 0.6 is 23.2 Å². The highest BCUT2D eigenvalue weighted by molar-refractivity contribution is 6.37. The Morgan fingerprint density at radius 1 is 1.13 bits per heavy atom. The molecular weight excluding hydrogens is 231 g/mol. The second kappa shape index (κ2) is 3.87. The summed E-state index contributed by atoms with van der Waals surface area (Å²) in [7, 11) is 3.86. The number of pyridine rings is 1. The molecule has 0 aliphatic rings. The zero-order valence-electron chi connectivity index (χ0n) is 8.46. The summed E-state index contributed by atoms with van der Waals surface area (Å²) < 4.78 is 0. The second-order valence-electron chi connectivity index (χ2n) is 3.52. The first kappa shape index (κ1) is 10.5. The largest absolute Gasteiger partial charge is 0.363 e. The minimum atomic E-state index is 0.670. The Labute approximate surface area is 98.4 Å². The van der Waals surface area contributed by atoms with Gasteiger partial charge < -0.3 is 4.90 Å². The van der Waals surface area contributed by atoms with Crippen molar-refractivity contribution in [2.24, 2.45) is 0 Å². The maximum Gasteiger partial charge on any atom is 0.130 e. The molecular formula is C11H10Cl2N2. The quantitative estimate of drug-likeness (QED) is 0.758. The molecule has 0 bridgehead atoms. The number of hydrogen-bond donors (Lipinski definition) is 0. The summed E-state index contributed by atoms with van der Waals surface area (Å²) in [6, 6.07) is 7.34. The fourth-order valence-corrected chi connectivity index (χ4v) is 1.79. The van der Waals surface area contributed by atoms with Gasteiger partial charge in [-0.1, -0.05) is 23.2 Å². The van der Waals surface area contributed by atoms with Crippen LogP contribution in [0.25, 0.3) is 10.9 Å². The average Bonchev–Trinajstić information content (AvgIpc) is 2.18. The molecule has 0 amide bonds. The fraction of sp³-hybridized carbons (Fsp3) is 0.182. The van der Waals surface area contributed by atoms with Gasteiger partial charge in [0.25, 0.3) is 0 Å². The Morgan fingerprint density at radius 3 is 2.53 bits per heavy atom. The number of hydrogen-bond acceptors (Lipinski definition) is 2. The minimum Gasteiger partial charge on any atom is -0.363 e. The Morgan fingerprint density at radius 2 is 1.87 bits per heavy atom. The number of rotatable bonds is 1. The van der Waals surface area contributed by atoms with E-state index >= 15 is 0 Å². The molecule has 2 nitrogen and oxygen atoms in total. The van der Waals surface area contributed by atoms with E-state index in [0.717, 1.165) is 16.7 Å². The molecule has 0 atom stereocenters. The van der Waals surface area contributed by atoms with Crippen LogP contribution in [-0.2, 0) is 0 Å². The van der Waals surface area contributed by atoms with Crippen molar-refractivity contribution >= 4 is 39.9 Å². The van der Waals surface area contributed by atoms with Crippen molar-refractivity contribution in [3.8, 4) is 0 Å². The lowest BCUT2D eigenvalue weighted by Crippen LogP contribution is -2.10. The molecule has 0 N–H and O–H groups in total. The zero-order valence-corrected chi connectivity index (χ0v) is 9.97. The van der Waals surface area contributed by atoms with E-state index in [1.54, 1.807) is 0 Å². The second-order valence-corrected chi connectivity index (χ2v) is 4.36. The number of nitrogens with zero attached hydrogens (tertiary/aromatic N) is 2. The van der Waals surface area contributed by atoms with Gasteiger partial charge in [0, 0.05) is 24.5 Å². The third-order valence-corrected chi connectivity index (χ3v) is 2.71. The van der Waals surface area contributed by atoms with Crippen LogP contribution < -0.4 is 4.90 Å². The monoisotopic (exact) mass is 240 g/mol. The first-order valence-electron chi connectivity index (χ1n) is 4.51. The van der Waals surface area contributed by atoms with Gasteiger partial charge in [0.05, 0.1) is 10.5 Å². The summed E-state index contributed by atoms with van der Waals surface area (Å²) in [5, 5.41) is 2.23.